The first kappa shape index (κ1) is 30.2. The lowest BCUT2D eigenvalue weighted by Gasteiger charge is -2.53. The minimum Gasteiger partial charge on any atom is -0.480 e. The van der Waals surface area contributed by atoms with Gasteiger partial charge in [0.25, 0.3) is 0 Å². The number of ketones is 1. The fourth-order valence-corrected chi connectivity index (χ4v) is 9.01. The van der Waals surface area contributed by atoms with Crippen LogP contribution in [0.4, 0.5) is 0 Å². The molecule has 0 spiro atoms. The van der Waals surface area contributed by atoms with E-state index >= 15 is 0 Å². The topological polar surface area (TPSA) is 147 Å². The number of rotatable bonds is 8. The van der Waals surface area contributed by atoms with E-state index in [4.69, 9.17) is 10.5 Å². The average Bonchev–Trinajstić information content (AvgIpc) is 3.44. The van der Waals surface area contributed by atoms with E-state index in [1.807, 2.05) is 19.1 Å². The zero-order valence-electron chi connectivity index (χ0n) is 26.1. The number of hydrogen-bond donors (Lipinski definition) is 3. The van der Waals surface area contributed by atoms with Crippen molar-refractivity contribution in [3.05, 3.63) is 64.4 Å². The SMILES string of the molecule is CC(O)C1C(=O)N2C(C(=O)O)=C(C#CCOc3cccc4c3-c3ccc(CC56CCC(CC(N)=O)(CC5)CC6)cc3C4=O)[C@H](C)C12. The molecule has 0 radical (unpaired) electrons. The van der Waals surface area contributed by atoms with Crippen molar-refractivity contribution in [2.45, 2.75) is 77.4 Å². The lowest BCUT2D eigenvalue weighted by molar-refractivity contribution is -0.163. The van der Waals surface area contributed by atoms with E-state index in [2.05, 4.69) is 17.9 Å². The van der Waals surface area contributed by atoms with Gasteiger partial charge in [-0.05, 0) is 86.0 Å². The molecule has 2 bridgehead atoms. The molecular formula is C37H38N2O7. The Bertz CT molecular complexity index is 1770. The van der Waals surface area contributed by atoms with Gasteiger partial charge in [-0.15, -0.1) is 0 Å². The Morgan fingerprint density at radius 3 is 2.39 bits per heavy atom. The van der Waals surface area contributed by atoms with Crippen LogP contribution < -0.4 is 10.5 Å². The van der Waals surface area contributed by atoms with E-state index in [1.54, 1.807) is 18.2 Å². The van der Waals surface area contributed by atoms with Gasteiger partial charge in [0.15, 0.2) is 5.78 Å². The van der Waals surface area contributed by atoms with Crippen LogP contribution >= 0.6 is 0 Å². The molecule has 6 aliphatic rings. The molecule has 238 valence electrons. The van der Waals surface area contributed by atoms with E-state index in [1.165, 1.54) is 11.8 Å². The van der Waals surface area contributed by atoms with Crippen molar-refractivity contribution < 1.29 is 34.1 Å². The lowest BCUT2D eigenvalue weighted by atomic mass is 9.51. The van der Waals surface area contributed by atoms with Gasteiger partial charge in [-0.25, -0.2) is 4.79 Å². The van der Waals surface area contributed by atoms with Gasteiger partial charge in [0.2, 0.25) is 11.8 Å². The maximum Gasteiger partial charge on any atom is 0.353 e. The maximum absolute atomic E-state index is 13.6. The normalized spacial score (nSPS) is 29.4. The Morgan fingerprint density at radius 1 is 1.04 bits per heavy atom. The third-order valence-corrected chi connectivity index (χ3v) is 11.5. The number of fused-ring (bicyclic) bond motifs is 7. The van der Waals surface area contributed by atoms with Gasteiger partial charge >= 0.3 is 5.97 Å². The Kier molecular flexibility index (Phi) is 7.13. The number of nitrogens with two attached hydrogens (primary N) is 1. The highest BCUT2D eigenvalue weighted by atomic mass is 16.5. The summed E-state index contributed by atoms with van der Waals surface area (Å²) in [6.45, 7) is 3.32. The predicted octanol–water partition coefficient (Wildman–Crippen LogP) is 4.23. The summed E-state index contributed by atoms with van der Waals surface area (Å²) in [4.78, 5) is 51.1. The fraction of sp³-hybridized carbons (Fsp3) is 0.459. The lowest BCUT2D eigenvalue weighted by Crippen LogP contribution is -2.63. The molecular weight excluding hydrogens is 584 g/mol. The quantitative estimate of drug-likeness (QED) is 0.252. The summed E-state index contributed by atoms with van der Waals surface area (Å²) in [5.74, 6) is 3.53. The summed E-state index contributed by atoms with van der Waals surface area (Å²) in [5, 5.41) is 19.9. The highest BCUT2D eigenvalue weighted by molar-refractivity contribution is 6.22. The molecule has 2 amide bonds. The number of aliphatic hydroxyl groups is 1. The van der Waals surface area contributed by atoms with Crippen LogP contribution in [-0.2, 0) is 20.8 Å². The number of aliphatic hydroxyl groups excluding tert-OH is 1. The average molecular weight is 623 g/mol. The van der Waals surface area contributed by atoms with Crippen LogP contribution in [0.1, 0.15) is 80.3 Å². The fourth-order valence-electron chi connectivity index (χ4n) is 9.01. The van der Waals surface area contributed by atoms with Crippen LogP contribution in [0.15, 0.2) is 47.7 Å². The summed E-state index contributed by atoms with van der Waals surface area (Å²) in [6.07, 6.45) is 6.82. The highest BCUT2D eigenvalue weighted by Crippen LogP contribution is 2.59. The Morgan fingerprint density at radius 2 is 1.74 bits per heavy atom. The third-order valence-electron chi connectivity index (χ3n) is 11.5. The number of carboxylic acids is 1. The van der Waals surface area contributed by atoms with Crippen LogP contribution in [0, 0.1) is 34.5 Å². The van der Waals surface area contributed by atoms with Crippen LogP contribution in [0.2, 0.25) is 0 Å². The first-order valence-corrected chi connectivity index (χ1v) is 16.1. The van der Waals surface area contributed by atoms with Crippen molar-refractivity contribution in [1.29, 1.82) is 0 Å². The number of β-lactam (4-membered cyclic amide) rings is 1. The molecule has 0 aromatic heterocycles. The summed E-state index contributed by atoms with van der Waals surface area (Å²) < 4.78 is 6.07. The molecule has 4 aliphatic carbocycles. The van der Waals surface area contributed by atoms with Gasteiger partial charge in [-0.2, -0.15) is 0 Å². The number of amides is 2. The van der Waals surface area contributed by atoms with Gasteiger partial charge in [0.05, 0.1) is 18.1 Å². The first-order valence-electron chi connectivity index (χ1n) is 16.1. The molecule has 4 atom stereocenters. The molecule has 8 rings (SSSR count). The Hall–Kier alpha value is -4.42. The Labute approximate surface area is 267 Å². The molecule has 2 heterocycles. The van der Waals surface area contributed by atoms with Crippen LogP contribution in [0.5, 0.6) is 5.75 Å². The van der Waals surface area contributed by atoms with Crippen LogP contribution in [0.3, 0.4) is 0 Å². The molecule has 3 saturated carbocycles. The third kappa shape index (κ3) is 4.65. The molecule has 9 heteroatoms. The predicted molar refractivity (Wildman–Crippen MR) is 168 cm³/mol. The second kappa shape index (κ2) is 10.8. The van der Waals surface area contributed by atoms with Crippen molar-refractivity contribution in [1.82, 2.24) is 4.90 Å². The van der Waals surface area contributed by atoms with Crippen molar-refractivity contribution in [3.8, 4) is 28.7 Å². The van der Waals surface area contributed by atoms with E-state index < -0.39 is 29.9 Å². The molecule has 46 heavy (non-hydrogen) atoms. The zero-order valence-corrected chi connectivity index (χ0v) is 26.1. The second-order valence-corrected chi connectivity index (χ2v) is 14.1. The second-order valence-electron chi connectivity index (χ2n) is 14.1. The van der Waals surface area contributed by atoms with E-state index in [0.717, 1.165) is 61.6 Å². The molecule has 2 aliphatic heterocycles. The van der Waals surface area contributed by atoms with Crippen LogP contribution in [0.25, 0.3) is 11.1 Å². The molecule has 9 nitrogen and oxygen atoms in total. The maximum atomic E-state index is 13.6. The minimum absolute atomic E-state index is 0.0356. The van der Waals surface area contributed by atoms with Gasteiger partial charge in [0, 0.05) is 34.6 Å². The molecule has 3 unspecified atom stereocenters. The molecule has 1 saturated heterocycles. The van der Waals surface area contributed by atoms with Gasteiger partial charge < -0.3 is 25.6 Å². The highest BCUT2D eigenvalue weighted by Gasteiger charge is 2.59. The Balaban J connectivity index is 1.08. The van der Waals surface area contributed by atoms with Gasteiger partial charge in [-0.1, -0.05) is 43.0 Å². The molecule has 2 aromatic rings. The molecule has 4 fully saturated rings. The number of carboxylic acid groups (broad SMARTS) is 1. The van der Waals surface area contributed by atoms with Gasteiger partial charge in [0.1, 0.15) is 18.1 Å². The molecule has 2 aromatic carbocycles. The van der Waals surface area contributed by atoms with Crippen molar-refractivity contribution in [2.75, 3.05) is 6.61 Å². The number of aliphatic carboxylic acids is 1. The zero-order chi connectivity index (χ0) is 32.5. The number of nitrogens with zero attached hydrogens (tertiary/aromatic N) is 1. The first-order chi connectivity index (χ1) is 21.9. The number of benzene rings is 2. The van der Waals surface area contributed by atoms with Gasteiger partial charge in [-0.3, -0.25) is 14.4 Å². The summed E-state index contributed by atoms with van der Waals surface area (Å²) in [7, 11) is 0. The monoisotopic (exact) mass is 622 g/mol. The number of ether oxygens (including phenoxy) is 1. The number of carbonyl (C=O) groups is 4. The minimum atomic E-state index is -1.23. The van der Waals surface area contributed by atoms with Crippen molar-refractivity contribution >= 4 is 23.6 Å². The standard InChI is InChI=1S/C37H38N2O7/c1-20-23(32(35(44)45)39-31(20)29(21(2)40)34(39)43)6-4-16-46-27-7-3-5-25-30(27)24-9-8-22(17-26(24)33(25)42)18-36-10-13-37(14-11-36,15-12-36)19-28(38)41/h3,5,7-9,17,20-21,29,31,40H,10-16,18-19H2,1-2H3,(H2,38,41)(H,44,45)/t20-,21?,29?,31?,36?,37?/m0/s1. The van der Waals surface area contributed by atoms with Crippen molar-refractivity contribution in [2.24, 2.45) is 28.4 Å². The van der Waals surface area contributed by atoms with E-state index in [0.29, 0.717) is 28.9 Å². The summed E-state index contributed by atoms with van der Waals surface area (Å²) in [6, 6.07) is 11.1. The summed E-state index contributed by atoms with van der Waals surface area (Å²) >= 11 is 0. The van der Waals surface area contributed by atoms with E-state index in [9.17, 15) is 29.4 Å². The van der Waals surface area contributed by atoms with Crippen molar-refractivity contribution in [3.63, 3.8) is 0 Å². The summed E-state index contributed by atoms with van der Waals surface area (Å²) in [5.41, 5.74) is 9.98. The number of primary amides is 1. The number of hydrogen-bond acceptors (Lipinski definition) is 6. The smallest absolute Gasteiger partial charge is 0.353 e. The van der Waals surface area contributed by atoms with E-state index in [-0.39, 0.29) is 40.7 Å². The largest absolute Gasteiger partial charge is 0.480 e. The molecule has 4 N–H and O–H groups in total. The van der Waals surface area contributed by atoms with Crippen LogP contribution in [-0.4, -0.2) is 57.4 Å². The number of carbonyl (C=O) groups excluding carboxylic acids is 3.